The van der Waals surface area contributed by atoms with E-state index in [0.29, 0.717) is 0 Å². The van der Waals surface area contributed by atoms with Crippen LogP contribution in [0.5, 0.6) is 0 Å². The first-order chi connectivity index (χ1) is 14.7. The second-order valence-corrected chi connectivity index (χ2v) is 8.85. The van der Waals surface area contributed by atoms with E-state index >= 15 is 0 Å². The van der Waals surface area contributed by atoms with Gasteiger partial charge in [0.2, 0.25) is 0 Å². The SMILES string of the molecule is Brc1c2ccccc2c(Br)c2ccccc12.c1ccc2cc3ccccc3cc2c1. The molecule has 0 aliphatic carbocycles. The highest BCUT2D eigenvalue weighted by Gasteiger charge is 2.09. The molecule has 0 N–H and O–H groups in total. The van der Waals surface area contributed by atoms with Gasteiger partial charge < -0.3 is 0 Å². The Kier molecular flexibility index (Phi) is 5.28. The zero-order valence-corrected chi connectivity index (χ0v) is 19.3. The van der Waals surface area contributed by atoms with Crippen LogP contribution in [0.25, 0.3) is 43.1 Å². The Hall–Kier alpha value is -2.68. The van der Waals surface area contributed by atoms with Gasteiger partial charge in [-0.15, -0.1) is 0 Å². The number of hydrogen-bond donors (Lipinski definition) is 0. The molecule has 0 unspecified atom stereocenters. The van der Waals surface area contributed by atoms with Crippen LogP contribution in [-0.2, 0) is 0 Å². The van der Waals surface area contributed by atoms with Gasteiger partial charge in [-0.05, 0) is 87.1 Å². The summed E-state index contributed by atoms with van der Waals surface area (Å²) < 4.78 is 2.34. The third kappa shape index (κ3) is 3.51. The summed E-state index contributed by atoms with van der Waals surface area (Å²) >= 11 is 7.39. The monoisotopic (exact) mass is 512 g/mol. The molecule has 6 aromatic rings. The molecule has 0 fully saturated rings. The molecule has 2 heteroatoms. The van der Waals surface area contributed by atoms with E-state index in [2.05, 4.69) is 141 Å². The van der Waals surface area contributed by atoms with E-state index < -0.39 is 0 Å². The molecule has 6 aromatic carbocycles. The van der Waals surface area contributed by atoms with Gasteiger partial charge in [0.05, 0.1) is 0 Å². The van der Waals surface area contributed by atoms with Crippen molar-refractivity contribution in [2.45, 2.75) is 0 Å². The maximum Gasteiger partial charge on any atom is 0.0332 e. The van der Waals surface area contributed by atoms with Crippen LogP contribution in [0.2, 0.25) is 0 Å². The average molecular weight is 514 g/mol. The van der Waals surface area contributed by atoms with Gasteiger partial charge in [0.15, 0.2) is 0 Å². The van der Waals surface area contributed by atoms with Gasteiger partial charge in [-0.3, -0.25) is 0 Å². The maximum absolute atomic E-state index is 3.70. The van der Waals surface area contributed by atoms with Crippen LogP contribution in [0.3, 0.4) is 0 Å². The Morgan fingerprint density at radius 1 is 0.333 bits per heavy atom. The lowest BCUT2D eigenvalue weighted by atomic mass is 10.0. The molecule has 0 saturated heterocycles. The molecule has 0 nitrogen and oxygen atoms in total. The normalized spacial score (nSPS) is 11.0. The zero-order chi connectivity index (χ0) is 20.5. The summed E-state index contributed by atoms with van der Waals surface area (Å²) in [5.41, 5.74) is 0. The van der Waals surface area contributed by atoms with E-state index in [1.54, 1.807) is 0 Å². The third-order valence-electron chi connectivity index (χ3n) is 5.41. The Bertz CT molecular complexity index is 1290. The van der Waals surface area contributed by atoms with Crippen molar-refractivity contribution in [3.05, 3.63) is 118 Å². The topological polar surface area (TPSA) is 0 Å². The molecule has 0 aromatic heterocycles. The van der Waals surface area contributed by atoms with E-state index in [-0.39, 0.29) is 0 Å². The smallest absolute Gasteiger partial charge is 0.0332 e. The largest absolute Gasteiger partial charge is 0.0616 e. The van der Waals surface area contributed by atoms with Crippen molar-refractivity contribution in [3.8, 4) is 0 Å². The molecule has 0 saturated carbocycles. The van der Waals surface area contributed by atoms with E-state index in [1.807, 2.05) is 0 Å². The fourth-order valence-electron chi connectivity index (χ4n) is 3.90. The molecular weight excluding hydrogens is 496 g/mol. The lowest BCUT2D eigenvalue weighted by Crippen LogP contribution is -1.81. The summed E-state index contributed by atoms with van der Waals surface area (Å²) in [6.07, 6.45) is 0. The van der Waals surface area contributed by atoms with Crippen LogP contribution < -0.4 is 0 Å². The highest BCUT2D eigenvalue weighted by molar-refractivity contribution is 9.11. The van der Waals surface area contributed by atoms with Gasteiger partial charge in [-0.1, -0.05) is 97.1 Å². The van der Waals surface area contributed by atoms with E-state index in [0.717, 1.165) is 0 Å². The Morgan fingerprint density at radius 3 is 0.833 bits per heavy atom. The van der Waals surface area contributed by atoms with Gasteiger partial charge in [-0.25, -0.2) is 0 Å². The highest BCUT2D eigenvalue weighted by atomic mass is 79.9. The summed E-state index contributed by atoms with van der Waals surface area (Å²) in [7, 11) is 0. The molecule has 6 rings (SSSR count). The van der Waals surface area contributed by atoms with Crippen molar-refractivity contribution in [1.82, 2.24) is 0 Å². The number of halogens is 2. The second-order valence-electron chi connectivity index (χ2n) is 7.27. The van der Waals surface area contributed by atoms with Crippen molar-refractivity contribution in [3.63, 3.8) is 0 Å². The fourth-order valence-corrected chi connectivity index (χ4v) is 5.29. The summed E-state index contributed by atoms with van der Waals surface area (Å²) in [4.78, 5) is 0. The molecule has 0 bridgehead atoms. The molecule has 0 heterocycles. The number of fused-ring (bicyclic) bond motifs is 4. The molecule has 0 aliphatic heterocycles. The predicted molar refractivity (Wildman–Crippen MR) is 138 cm³/mol. The van der Waals surface area contributed by atoms with Gasteiger partial charge >= 0.3 is 0 Å². The molecule has 0 atom stereocenters. The third-order valence-corrected chi connectivity index (χ3v) is 7.12. The molecule has 0 aliphatic rings. The summed E-state index contributed by atoms with van der Waals surface area (Å²) in [6.45, 7) is 0. The van der Waals surface area contributed by atoms with Gasteiger partial charge in [0.1, 0.15) is 0 Å². The van der Waals surface area contributed by atoms with Gasteiger partial charge in [0.25, 0.3) is 0 Å². The average Bonchev–Trinajstić information content (AvgIpc) is 2.81. The van der Waals surface area contributed by atoms with E-state index in [1.165, 1.54) is 52.0 Å². The molecule has 144 valence electrons. The minimum Gasteiger partial charge on any atom is -0.0616 e. The highest BCUT2D eigenvalue weighted by Crippen LogP contribution is 2.38. The van der Waals surface area contributed by atoms with Crippen molar-refractivity contribution >= 4 is 74.9 Å². The first-order valence-corrected chi connectivity index (χ1v) is 11.4. The van der Waals surface area contributed by atoms with E-state index in [9.17, 15) is 0 Å². The first-order valence-electron chi connectivity index (χ1n) is 9.84. The van der Waals surface area contributed by atoms with Crippen molar-refractivity contribution in [1.29, 1.82) is 0 Å². The lowest BCUT2D eigenvalue weighted by molar-refractivity contribution is 1.72. The van der Waals surface area contributed by atoms with Crippen molar-refractivity contribution < 1.29 is 0 Å². The maximum atomic E-state index is 3.70. The van der Waals surface area contributed by atoms with Crippen LogP contribution in [0.15, 0.2) is 118 Å². The minimum absolute atomic E-state index is 1.17. The lowest BCUT2D eigenvalue weighted by Gasteiger charge is -2.09. The van der Waals surface area contributed by atoms with Gasteiger partial charge in [0, 0.05) is 8.95 Å². The Balaban J connectivity index is 0.000000130. The van der Waals surface area contributed by atoms with Gasteiger partial charge in [-0.2, -0.15) is 0 Å². The quantitative estimate of drug-likeness (QED) is 0.177. The molecular formula is C28H18Br2. The van der Waals surface area contributed by atoms with Crippen LogP contribution in [0.4, 0.5) is 0 Å². The van der Waals surface area contributed by atoms with Crippen LogP contribution in [-0.4, -0.2) is 0 Å². The fraction of sp³-hybridized carbons (Fsp3) is 0. The number of rotatable bonds is 0. The molecule has 0 spiro atoms. The summed E-state index contributed by atoms with van der Waals surface area (Å²) in [5, 5.41) is 10.2. The van der Waals surface area contributed by atoms with E-state index in [4.69, 9.17) is 0 Å². The Labute approximate surface area is 192 Å². The molecule has 0 radical (unpaired) electrons. The Morgan fingerprint density at radius 2 is 0.567 bits per heavy atom. The number of benzene rings is 6. The first kappa shape index (κ1) is 19.3. The zero-order valence-electron chi connectivity index (χ0n) is 16.1. The summed E-state index contributed by atoms with van der Waals surface area (Å²) in [6, 6.07) is 38.2. The standard InChI is InChI=1S/C14H8Br2.C14H10/c15-13-9-5-1-2-6-10(9)14(16)12-8-4-3-7-11(12)13;1-2-6-12-10-14-8-4-3-7-13(14)9-11(12)5-1/h1-8H;1-10H. The molecule has 30 heavy (non-hydrogen) atoms. The number of hydrogen-bond acceptors (Lipinski definition) is 0. The summed E-state index contributed by atoms with van der Waals surface area (Å²) in [5.74, 6) is 0. The minimum atomic E-state index is 1.17. The predicted octanol–water partition coefficient (Wildman–Crippen LogP) is 9.51. The van der Waals surface area contributed by atoms with Crippen LogP contribution in [0, 0.1) is 0 Å². The molecule has 0 amide bonds. The van der Waals surface area contributed by atoms with Crippen LogP contribution in [0.1, 0.15) is 0 Å². The van der Waals surface area contributed by atoms with Crippen molar-refractivity contribution in [2.75, 3.05) is 0 Å². The van der Waals surface area contributed by atoms with Crippen molar-refractivity contribution in [2.24, 2.45) is 0 Å². The van der Waals surface area contributed by atoms with Crippen LogP contribution >= 0.6 is 31.9 Å². The second kappa shape index (κ2) is 8.22.